The Morgan fingerprint density at radius 1 is 1.21 bits per heavy atom. The first-order valence-electron chi connectivity index (χ1n) is 6.33. The lowest BCUT2D eigenvalue weighted by Gasteiger charge is -2.09. The first kappa shape index (κ1) is 15.0. The molecule has 0 unspecified atom stereocenters. The third kappa shape index (κ3) is 6.45. The summed E-state index contributed by atoms with van der Waals surface area (Å²) in [5, 5.41) is 14.1. The molecule has 0 aliphatic rings. The summed E-state index contributed by atoms with van der Waals surface area (Å²) in [6, 6.07) is 6.53. The minimum Gasteiger partial charge on any atom is -0.481 e. The van der Waals surface area contributed by atoms with E-state index in [2.05, 4.69) is 24.5 Å². The van der Waals surface area contributed by atoms with Crippen LogP contribution in [0.15, 0.2) is 24.3 Å². The maximum absolute atomic E-state index is 11.5. The molecule has 0 saturated carbocycles. The number of rotatable bonds is 6. The lowest BCUT2D eigenvalue weighted by molar-refractivity contribution is -0.136. The molecule has 0 bridgehead atoms. The fourth-order valence-electron chi connectivity index (χ4n) is 1.53. The van der Waals surface area contributed by atoms with Gasteiger partial charge in [0, 0.05) is 12.2 Å². The zero-order valence-electron chi connectivity index (χ0n) is 11.3. The van der Waals surface area contributed by atoms with E-state index in [0.29, 0.717) is 23.7 Å². The van der Waals surface area contributed by atoms with Gasteiger partial charge in [-0.25, -0.2) is 4.79 Å². The summed E-state index contributed by atoms with van der Waals surface area (Å²) in [6.07, 6.45) is 0.922. The number of hydrogen-bond donors (Lipinski definition) is 3. The molecule has 0 atom stereocenters. The zero-order chi connectivity index (χ0) is 14.3. The molecule has 0 aliphatic carbocycles. The van der Waals surface area contributed by atoms with Crippen LogP contribution >= 0.6 is 0 Å². The molecule has 5 heteroatoms. The van der Waals surface area contributed by atoms with Gasteiger partial charge in [-0.3, -0.25) is 4.79 Å². The molecule has 0 radical (unpaired) electrons. The topological polar surface area (TPSA) is 78.4 Å². The van der Waals surface area contributed by atoms with Gasteiger partial charge < -0.3 is 15.7 Å². The molecule has 1 rings (SSSR count). The number of anilines is 1. The molecule has 0 spiro atoms. The Kier molecular flexibility index (Phi) is 5.85. The SMILES string of the molecule is CC(C)CCNC(=O)Nc1ccc(CC(=O)O)cc1. The Bertz CT molecular complexity index is 427. The summed E-state index contributed by atoms with van der Waals surface area (Å²) in [5.74, 6) is -0.317. The highest BCUT2D eigenvalue weighted by Crippen LogP contribution is 2.10. The molecular weight excluding hydrogens is 244 g/mol. The van der Waals surface area contributed by atoms with Crippen molar-refractivity contribution in [1.82, 2.24) is 5.32 Å². The number of nitrogens with one attached hydrogen (secondary N) is 2. The number of urea groups is 1. The summed E-state index contributed by atoms with van der Waals surface area (Å²) in [6.45, 7) is 4.84. The van der Waals surface area contributed by atoms with E-state index < -0.39 is 5.97 Å². The molecule has 19 heavy (non-hydrogen) atoms. The van der Waals surface area contributed by atoms with Crippen LogP contribution in [0.1, 0.15) is 25.8 Å². The van der Waals surface area contributed by atoms with Gasteiger partial charge in [0.2, 0.25) is 0 Å². The van der Waals surface area contributed by atoms with Crippen LogP contribution in [-0.4, -0.2) is 23.7 Å². The number of carbonyl (C=O) groups excluding carboxylic acids is 1. The van der Waals surface area contributed by atoms with Gasteiger partial charge in [0.25, 0.3) is 0 Å². The van der Waals surface area contributed by atoms with Gasteiger partial charge >= 0.3 is 12.0 Å². The van der Waals surface area contributed by atoms with E-state index >= 15 is 0 Å². The van der Waals surface area contributed by atoms with Crippen LogP contribution in [0.5, 0.6) is 0 Å². The number of carboxylic acid groups (broad SMARTS) is 1. The van der Waals surface area contributed by atoms with Crippen molar-refractivity contribution < 1.29 is 14.7 Å². The maximum atomic E-state index is 11.5. The number of aliphatic carboxylic acids is 1. The average molecular weight is 264 g/mol. The van der Waals surface area contributed by atoms with Gasteiger partial charge in [-0.1, -0.05) is 26.0 Å². The lowest BCUT2D eigenvalue weighted by Crippen LogP contribution is -2.30. The molecule has 2 amide bonds. The van der Waals surface area contributed by atoms with Crippen LogP contribution in [0.25, 0.3) is 0 Å². The third-order valence-corrected chi connectivity index (χ3v) is 2.57. The van der Waals surface area contributed by atoms with Gasteiger partial charge in [-0.2, -0.15) is 0 Å². The molecule has 0 heterocycles. The fraction of sp³-hybridized carbons (Fsp3) is 0.429. The first-order chi connectivity index (χ1) is 8.97. The standard InChI is InChI=1S/C14H20N2O3/c1-10(2)7-8-15-14(19)16-12-5-3-11(4-6-12)9-13(17)18/h3-6,10H,7-9H2,1-2H3,(H,17,18)(H2,15,16,19). The predicted molar refractivity (Wildman–Crippen MR) is 74.3 cm³/mol. The van der Waals surface area contributed by atoms with Crippen molar-refractivity contribution in [3.8, 4) is 0 Å². The van der Waals surface area contributed by atoms with Gasteiger partial charge in [-0.05, 0) is 30.0 Å². The van der Waals surface area contributed by atoms with Crippen molar-refractivity contribution in [2.75, 3.05) is 11.9 Å². The van der Waals surface area contributed by atoms with Gasteiger partial charge in [-0.15, -0.1) is 0 Å². The van der Waals surface area contributed by atoms with E-state index in [4.69, 9.17) is 5.11 Å². The molecule has 0 aliphatic heterocycles. The summed E-state index contributed by atoms with van der Waals surface area (Å²) in [5.41, 5.74) is 1.36. The highest BCUT2D eigenvalue weighted by Gasteiger charge is 2.03. The summed E-state index contributed by atoms with van der Waals surface area (Å²) >= 11 is 0. The summed E-state index contributed by atoms with van der Waals surface area (Å²) < 4.78 is 0. The van der Waals surface area contributed by atoms with Crippen LogP contribution in [0.3, 0.4) is 0 Å². The van der Waals surface area contributed by atoms with Crippen LogP contribution in [-0.2, 0) is 11.2 Å². The average Bonchev–Trinajstić information content (AvgIpc) is 2.30. The summed E-state index contributed by atoms with van der Waals surface area (Å²) in [7, 11) is 0. The molecule has 0 fully saturated rings. The second-order valence-corrected chi connectivity index (χ2v) is 4.83. The number of carboxylic acids is 1. The van der Waals surface area contributed by atoms with E-state index in [1.54, 1.807) is 24.3 Å². The maximum Gasteiger partial charge on any atom is 0.319 e. The van der Waals surface area contributed by atoms with Crippen molar-refractivity contribution in [2.24, 2.45) is 5.92 Å². The molecular formula is C14H20N2O3. The Morgan fingerprint density at radius 3 is 2.37 bits per heavy atom. The van der Waals surface area contributed by atoms with E-state index in [9.17, 15) is 9.59 Å². The summed E-state index contributed by atoms with van der Waals surface area (Å²) in [4.78, 5) is 22.1. The largest absolute Gasteiger partial charge is 0.481 e. The van der Waals surface area contributed by atoms with Crippen LogP contribution < -0.4 is 10.6 Å². The smallest absolute Gasteiger partial charge is 0.319 e. The minimum atomic E-state index is -0.868. The second kappa shape index (κ2) is 7.41. The lowest BCUT2D eigenvalue weighted by atomic mass is 10.1. The minimum absolute atomic E-state index is 0.0130. The van der Waals surface area contributed by atoms with Crippen molar-refractivity contribution in [3.63, 3.8) is 0 Å². The van der Waals surface area contributed by atoms with E-state index in [1.165, 1.54) is 0 Å². The number of carbonyl (C=O) groups is 2. The Hall–Kier alpha value is -2.04. The Morgan fingerprint density at radius 2 is 1.84 bits per heavy atom. The van der Waals surface area contributed by atoms with Crippen molar-refractivity contribution in [2.45, 2.75) is 26.7 Å². The van der Waals surface area contributed by atoms with Crippen molar-refractivity contribution in [3.05, 3.63) is 29.8 Å². The quantitative estimate of drug-likeness (QED) is 0.738. The fourth-order valence-corrected chi connectivity index (χ4v) is 1.53. The molecule has 0 aromatic heterocycles. The van der Waals surface area contributed by atoms with Gasteiger partial charge in [0.05, 0.1) is 6.42 Å². The molecule has 0 saturated heterocycles. The van der Waals surface area contributed by atoms with Gasteiger partial charge in [0.15, 0.2) is 0 Å². The van der Waals surface area contributed by atoms with Crippen molar-refractivity contribution in [1.29, 1.82) is 0 Å². The van der Waals surface area contributed by atoms with E-state index in [-0.39, 0.29) is 12.5 Å². The number of hydrogen-bond acceptors (Lipinski definition) is 2. The highest BCUT2D eigenvalue weighted by molar-refractivity contribution is 5.89. The second-order valence-electron chi connectivity index (χ2n) is 4.83. The molecule has 3 N–H and O–H groups in total. The van der Waals surface area contributed by atoms with Crippen molar-refractivity contribution >= 4 is 17.7 Å². The Labute approximate surface area is 113 Å². The molecule has 1 aromatic carbocycles. The van der Waals surface area contributed by atoms with Gasteiger partial charge in [0.1, 0.15) is 0 Å². The molecule has 104 valence electrons. The Balaban J connectivity index is 2.40. The highest BCUT2D eigenvalue weighted by atomic mass is 16.4. The van der Waals surface area contributed by atoms with Crippen LogP contribution in [0.2, 0.25) is 0 Å². The number of benzene rings is 1. The van der Waals surface area contributed by atoms with E-state index in [0.717, 1.165) is 6.42 Å². The van der Waals surface area contributed by atoms with E-state index in [1.807, 2.05) is 0 Å². The van der Waals surface area contributed by atoms with Crippen LogP contribution in [0, 0.1) is 5.92 Å². The van der Waals surface area contributed by atoms with Crippen LogP contribution in [0.4, 0.5) is 10.5 Å². The molecule has 5 nitrogen and oxygen atoms in total. The third-order valence-electron chi connectivity index (χ3n) is 2.57. The number of amides is 2. The zero-order valence-corrected chi connectivity index (χ0v) is 11.3. The normalized spacial score (nSPS) is 10.3. The monoisotopic (exact) mass is 264 g/mol. The first-order valence-corrected chi connectivity index (χ1v) is 6.33. The predicted octanol–water partition coefficient (Wildman–Crippen LogP) is 2.48. The molecule has 1 aromatic rings.